The highest BCUT2D eigenvalue weighted by molar-refractivity contribution is 7.92. The van der Waals surface area contributed by atoms with Gasteiger partial charge in [0.15, 0.2) is 5.65 Å². The van der Waals surface area contributed by atoms with Gasteiger partial charge in [-0.05, 0) is 13.0 Å². The molecule has 2 aromatic heterocycles. The van der Waals surface area contributed by atoms with Gasteiger partial charge >= 0.3 is 0 Å². The van der Waals surface area contributed by atoms with Crippen LogP contribution in [0.1, 0.15) is 23.8 Å². The molecule has 2 N–H and O–H groups in total. The van der Waals surface area contributed by atoms with Crippen LogP contribution >= 0.6 is 11.6 Å². The van der Waals surface area contributed by atoms with E-state index in [-0.39, 0.29) is 10.6 Å². The average molecular weight is 395 g/mol. The Kier molecular flexibility index (Phi) is 4.02. The largest absolute Gasteiger partial charge is 0.491 e. The number of anilines is 1. The Hall–Kier alpha value is -2.36. The van der Waals surface area contributed by atoms with Gasteiger partial charge in [-0.3, -0.25) is 4.72 Å². The zero-order valence-electron chi connectivity index (χ0n) is 13.7. The Labute approximate surface area is 154 Å². The molecule has 1 aliphatic rings. The van der Waals surface area contributed by atoms with E-state index in [2.05, 4.69) is 14.8 Å². The quantitative estimate of drug-likeness (QED) is 0.706. The van der Waals surface area contributed by atoms with E-state index in [0.29, 0.717) is 40.7 Å². The summed E-state index contributed by atoms with van der Waals surface area (Å²) in [5.74, 6) is 0.335. The van der Waals surface area contributed by atoms with E-state index in [1.165, 1.54) is 16.9 Å². The van der Waals surface area contributed by atoms with Crippen LogP contribution in [-0.2, 0) is 10.0 Å². The minimum Gasteiger partial charge on any atom is -0.491 e. The molecule has 26 heavy (non-hydrogen) atoms. The number of aliphatic hydroxyl groups excluding tert-OH is 1. The maximum Gasteiger partial charge on any atom is 0.265 e. The SMILES string of the molecule is Cc1nn2cc(S(=O)(=O)Nc3cccc4c3OCCC4O)cnc2c1Cl. The number of nitrogens with one attached hydrogen (secondary N) is 1. The summed E-state index contributed by atoms with van der Waals surface area (Å²) >= 11 is 6.08. The van der Waals surface area contributed by atoms with Gasteiger partial charge in [0.05, 0.1) is 36.5 Å². The van der Waals surface area contributed by atoms with E-state index >= 15 is 0 Å². The molecule has 1 atom stereocenters. The topological polar surface area (TPSA) is 106 Å². The second-order valence-corrected chi connectivity index (χ2v) is 8.00. The lowest BCUT2D eigenvalue weighted by atomic mass is 10.0. The lowest BCUT2D eigenvalue weighted by Gasteiger charge is -2.24. The number of aryl methyl sites for hydroxylation is 1. The number of ether oxygens (including phenoxy) is 1. The number of benzene rings is 1. The van der Waals surface area contributed by atoms with E-state index in [0.717, 1.165) is 0 Å². The Morgan fingerprint density at radius 1 is 1.42 bits per heavy atom. The number of hydrogen-bond donors (Lipinski definition) is 2. The number of hydrogen-bond acceptors (Lipinski definition) is 6. The first-order valence-corrected chi connectivity index (χ1v) is 9.70. The first-order chi connectivity index (χ1) is 12.4. The second-order valence-electron chi connectivity index (χ2n) is 5.94. The van der Waals surface area contributed by atoms with Crippen LogP contribution < -0.4 is 9.46 Å². The standard InChI is InChI=1S/C16H15ClN4O4S/c1-9-14(17)16-18-7-10(8-21(16)19-9)26(23,24)20-12-4-2-3-11-13(22)5-6-25-15(11)12/h2-4,7-8,13,20,22H,5-6H2,1H3. The van der Waals surface area contributed by atoms with E-state index in [9.17, 15) is 13.5 Å². The van der Waals surface area contributed by atoms with Gasteiger partial charge in [0.1, 0.15) is 15.7 Å². The number of halogens is 1. The Balaban J connectivity index is 1.73. The highest BCUT2D eigenvalue weighted by Gasteiger charge is 2.25. The van der Waals surface area contributed by atoms with Crippen LogP contribution in [0.2, 0.25) is 5.02 Å². The van der Waals surface area contributed by atoms with E-state index < -0.39 is 16.1 Å². The summed E-state index contributed by atoms with van der Waals surface area (Å²) in [6, 6.07) is 4.95. The summed E-state index contributed by atoms with van der Waals surface area (Å²) in [4.78, 5) is 4.02. The number of sulfonamides is 1. The highest BCUT2D eigenvalue weighted by atomic mass is 35.5. The zero-order valence-corrected chi connectivity index (χ0v) is 15.3. The van der Waals surface area contributed by atoms with Gasteiger partial charge in [0, 0.05) is 12.0 Å². The fraction of sp³-hybridized carbons (Fsp3) is 0.250. The van der Waals surface area contributed by atoms with Gasteiger partial charge in [-0.2, -0.15) is 5.10 Å². The molecule has 0 spiro atoms. The van der Waals surface area contributed by atoms with Gasteiger partial charge in [-0.1, -0.05) is 23.7 Å². The summed E-state index contributed by atoms with van der Waals surface area (Å²) in [5.41, 5.74) is 1.75. The van der Waals surface area contributed by atoms with Gasteiger partial charge in [0.25, 0.3) is 10.0 Å². The molecular weight excluding hydrogens is 380 g/mol. The van der Waals surface area contributed by atoms with Crippen molar-refractivity contribution in [1.82, 2.24) is 14.6 Å². The molecule has 0 aliphatic carbocycles. The lowest BCUT2D eigenvalue weighted by Crippen LogP contribution is -2.19. The predicted octanol–water partition coefficient (Wildman–Crippen LogP) is 2.31. The molecule has 1 aromatic carbocycles. The van der Waals surface area contributed by atoms with Crippen LogP contribution in [0.3, 0.4) is 0 Å². The molecule has 0 saturated carbocycles. The molecule has 1 aliphatic heterocycles. The molecular formula is C16H15ClN4O4S. The number of aromatic nitrogens is 3. The van der Waals surface area contributed by atoms with Crippen LogP contribution in [-0.4, -0.2) is 34.7 Å². The van der Waals surface area contributed by atoms with E-state index in [1.54, 1.807) is 25.1 Å². The van der Waals surface area contributed by atoms with Crippen molar-refractivity contribution in [3.05, 3.63) is 46.9 Å². The van der Waals surface area contributed by atoms with Crippen LogP contribution in [0.25, 0.3) is 5.65 Å². The van der Waals surface area contributed by atoms with Crippen molar-refractivity contribution < 1.29 is 18.3 Å². The fourth-order valence-electron chi connectivity index (χ4n) is 2.83. The predicted molar refractivity (Wildman–Crippen MR) is 95.1 cm³/mol. The highest BCUT2D eigenvalue weighted by Crippen LogP contribution is 2.38. The Bertz CT molecular complexity index is 1110. The van der Waals surface area contributed by atoms with Crippen LogP contribution in [0.15, 0.2) is 35.5 Å². The van der Waals surface area contributed by atoms with E-state index in [4.69, 9.17) is 16.3 Å². The van der Waals surface area contributed by atoms with Crippen LogP contribution in [0.4, 0.5) is 5.69 Å². The number of fused-ring (bicyclic) bond motifs is 2. The Morgan fingerprint density at radius 3 is 3.04 bits per heavy atom. The van der Waals surface area contributed by atoms with Gasteiger partial charge in [0.2, 0.25) is 0 Å². The van der Waals surface area contributed by atoms with Crippen molar-refractivity contribution in [2.24, 2.45) is 0 Å². The van der Waals surface area contributed by atoms with Gasteiger partial charge in [-0.15, -0.1) is 0 Å². The summed E-state index contributed by atoms with van der Waals surface area (Å²) in [6.07, 6.45) is 2.34. The number of para-hydroxylation sites is 1. The molecule has 136 valence electrons. The third-order valence-corrected chi connectivity index (χ3v) is 5.91. The second kappa shape index (κ2) is 6.11. The lowest BCUT2D eigenvalue weighted by molar-refractivity contribution is 0.116. The normalized spacial score (nSPS) is 17.0. The number of rotatable bonds is 3. The molecule has 4 rings (SSSR count). The zero-order chi connectivity index (χ0) is 18.5. The summed E-state index contributed by atoms with van der Waals surface area (Å²) in [7, 11) is -3.94. The molecule has 0 saturated heterocycles. The van der Waals surface area contributed by atoms with Crippen molar-refractivity contribution >= 4 is 33.0 Å². The first-order valence-electron chi connectivity index (χ1n) is 7.84. The number of nitrogens with zero attached hydrogens (tertiary/aromatic N) is 3. The van der Waals surface area contributed by atoms with Crippen molar-refractivity contribution in [3.63, 3.8) is 0 Å². The molecule has 8 nitrogen and oxygen atoms in total. The third kappa shape index (κ3) is 2.77. The maximum atomic E-state index is 12.8. The van der Waals surface area contributed by atoms with Crippen molar-refractivity contribution in [1.29, 1.82) is 0 Å². The van der Waals surface area contributed by atoms with Crippen molar-refractivity contribution in [2.45, 2.75) is 24.3 Å². The first kappa shape index (κ1) is 17.1. The molecule has 3 heterocycles. The molecule has 3 aromatic rings. The molecule has 0 amide bonds. The molecule has 0 fully saturated rings. The summed E-state index contributed by atoms with van der Waals surface area (Å²) in [5, 5.41) is 14.6. The molecule has 1 unspecified atom stereocenters. The minimum absolute atomic E-state index is 0.0712. The van der Waals surface area contributed by atoms with Crippen molar-refractivity contribution in [2.75, 3.05) is 11.3 Å². The number of aliphatic hydroxyl groups is 1. The minimum atomic E-state index is -3.94. The molecule has 0 radical (unpaired) electrons. The van der Waals surface area contributed by atoms with Gasteiger partial charge in [-0.25, -0.2) is 17.9 Å². The average Bonchev–Trinajstić information content (AvgIpc) is 2.89. The smallest absolute Gasteiger partial charge is 0.265 e. The molecule has 0 bridgehead atoms. The Morgan fingerprint density at radius 2 is 2.23 bits per heavy atom. The monoisotopic (exact) mass is 394 g/mol. The van der Waals surface area contributed by atoms with E-state index in [1.807, 2.05) is 0 Å². The summed E-state index contributed by atoms with van der Waals surface area (Å²) in [6.45, 7) is 2.02. The third-order valence-electron chi connectivity index (χ3n) is 4.15. The molecule has 10 heteroatoms. The van der Waals surface area contributed by atoms with Crippen LogP contribution in [0.5, 0.6) is 5.75 Å². The summed E-state index contributed by atoms with van der Waals surface area (Å²) < 4.78 is 34.9. The van der Waals surface area contributed by atoms with Gasteiger partial charge < -0.3 is 9.84 Å². The maximum absolute atomic E-state index is 12.8. The van der Waals surface area contributed by atoms with Crippen molar-refractivity contribution in [3.8, 4) is 5.75 Å². The fourth-order valence-corrected chi connectivity index (χ4v) is 4.00. The van der Waals surface area contributed by atoms with Crippen LogP contribution in [0, 0.1) is 6.92 Å².